The summed E-state index contributed by atoms with van der Waals surface area (Å²) in [6, 6.07) is 2.26. The standard InChI is InChI=1S/C17H22N2O7/c1-3-4-5-18-17(22)19-14(20)10-26-16(21)11-8-12(23-2)15-13(9-11)24-6-7-25-15/h8-9H,3-7,10H2,1-2H3,(H2,18,19,20,22). The van der Waals surface area contributed by atoms with Crippen molar-refractivity contribution in [3.63, 3.8) is 0 Å². The first-order chi connectivity index (χ1) is 12.5. The molecule has 3 amide bonds. The number of urea groups is 1. The molecule has 142 valence electrons. The molecule has 26 heavy (non-hydrogen) atoms. The van der Waals surface area contributed by atoms with Crippen molar-refractivity contribution < 1.29 is 33.3 Å². The minimum Gasteiger partial charge on any atom is -0.493 e. The largest absolute Gasteiger partial charge is 0.493 e. The Labute approximate surface area is 150 Å². The molecular formula is C17H22N2O7. The van der Waals surface area contributed by atoms with Crippen LogP contribution in [-0.4, -0.2) is 51.4 Å². The van der Waals surface area contributed by atoms with E-state index in [0.29, 0.717) is 37.0 Å². The van der Waals surface area contributed by atoms with E-state index in [1.165, 1.54) is 19.2 Å². The molecule has 1 aliphatic rings. The lowest BCUT2D eigenvalue weighted by molar-refractivity contribution is -0.123. The van der Waals surface area contributed by atoms with Gasteiger partial charge in [-0.05, 0) is 18.6 Å². The number of fused-ring (bicyclic) bond motifs is 1. The zero-order chi connectivity index (χ0) is 18.9. The number of ether oxygens (including phenoxy) is 4. The number of nitrogens with one attached hydrogen (secondary N) is 2. The van der Waals surface area contributed by atoms with Crippen LogP contribution in [0.25, 0.3) is 0 Å². The van der Waals surface area contributed by atoms with Crippen molar-refractivity contribution >= 4 is 17.9 Å². The molecule has 0 bridgehead atoms. The predicted octanol–water partition coefficient (Wildman–Crippen LogP) is 1.25. The minimum absolute atomic E-state index is 0.145. The van der Waals surface area contributed by atoms with Crippen LogP contribution in [-0.2, 0) is 9.53 Å². The molecule has 0 unspecified atom stereocenters. The number of esters is 1. The highest BCUT2D eigenvalue weighted by molar-refractivity contribution is 5.97. The number of hydrogen-bond acceptors (Lipinski definition) is 7. The summed E-state index contributed by atoms with van der Waals surface area (Å²) in [7, 11) is 1.44. The van der Waals surface area contributed by atoms with E-state index in [4.69, 9.17) is 18.9 Å². The topological polar surface area (TPSA) is 112 Å². The summed E-state index contributed by atoms with van der Waals surface area (Å²) in [6.45, 7) is 2.60. The molecule has 1 heterocycles. The fourth-order valence-corrected chi connectivity index (χ4v) is 2.19. The van der Waals surface area contributed by atoms with Gasteiger partial charge in [-0.15, -0.1) is 0 Å². The van der Waals surface area contributed by atoms with Crippen molar-refractivity contribution in [2.45, 2.75) is 19.8 Å². The summed E-state index contributed by atoms with van der Waals surface area (Å²) in [4.78, 5) is 35.3. The van der Waals surface area contributed by atoms with Gasteiger partial charge in [0.25, 0.3) is 5.91 Å². The second kappa shape index (κ2) is 9.50. The third-order valence-corrected chi connectivity index (χ3v) is 3.47. The Morgan fingerprint density at radius 2 is 1.96 bits per heavy atom. The number of imide groups is 1. The van der Waals surface area contributed by atoms with Crippen molar-refractivity contribution in [3.05, 3.63) is 17.7 Å². The number of methoxy groups -OCH3 is 1. The third kappa shape index (κ3) is 5.27. The maximum atomic E-state index is 12.1. The van der Waals surface area contributed by atoms with Gasteiger partial charge in [0.1, 0.15) is 13.2 Å². The van der Waals surface area contributed by atoms with E-state index < -0.39 is 24.5 Å². The van der Waals surface area contributed by atoms with Crippen LogP contribution in [0.1, 0.15) is 30.1 Å². The molecule has 0 fully saturated rings. The molecular weight excluding hydrogens is 344 g/mol. The van der Waals surface area contributed by atoms with Gasteiger partial charge in [-0.2, -0.15) is 0 Å². The maximum absolute atomic E-state index is 12.1. The Hall–Kier alpha value is -2.97. The Morgan fingerprint density at radius 1 is 1.19 bits per heavy atom. The van der Waals surface area contributed by atoms with Gasteiger partial charge in [0, 0.05) is 6.54 Å². The van der Waals surface area contributed by atoms with Gasteiger partial charge in [0.05, 0.1) is 12.7 Å². The number of carbonyl (C=O) groups excluding carboxylic acids is 3. The molecule has 2 N–H and O–H groups in total. The van der Waals surface area contributed by atoms with E-state index in [0.717, 1.165) is 12.8 Å². The average molecular weight is 366 g/mol. The Morgan fingerprint density at radius 3 is 2.69 bits per heavy atom. The number of rotatable bonds is 7. The molecule has 1 aliphatic heterocycles. The first-order valence-electron chi connectivity index (χ1n) is 8.27. The molecule has 0 atom stereocenters. The summed E-state index contributed by atoms with van der Waals surface area (Å²) >= 11 is 0. The van der Waals surface area contributed by atoms with E-state index in [-0.39, 0.29) is 5.56 Å². The summed E-state index contributed by atoms with van der Waals surface area (Å²) < 4.78 is 21.0. The maximum Gasteiger partial charge on any atom is 0.338 e. The monoisotopic (exact) mass is 366 g/mol. The van der Waals surface area contributed by atoms with E-state index in [9.17, 15) is 14.4 Å². The van der Waals surface area contributed by atoms with Gasteiger partial charge in [0.15, 0.2) is 18.1 Å². The Kier molecular flexibility index (Phi) is 7.07. The molecule has 0 radical (unpaired) electrons. The van der Waals surface area contributed by atoms with Crippen LogP contribution < -0.4 is 24.8 Å². The van der Waals surface area contributed by atoms with Gasteiger partial charge in [0.2, 0.25) is 5.75 Å². The van der Waals surface area contributed by atoms with Crippen LogP contribution >= 0.6 is 0 Å². The van der Waals surface area contributed by atoms with Gasteiger partial charge < -0.3 is 24.3 Å². The van der Waals surface area contributed by atoms with Crippen molar-refractivity contribution in [1.29, 1.82) is 0 Å². The van der Waals surface area contributed by atoms with Crippen molar-refractivity contribution in [2.75, 3.05) is 33.5 Å². The highest BCUT2D eigenvalue weighted by atomic mass is 16.6. The minimum atomic E-state index is -0.748. The van der Waals surface area contributed by atoms with Crippen LogP contribution in [0.4, 0.5) is 4.79 Å². The van der Waals surface area contributed by atoms with Gasteiger partial charge in [-0.1, -0.05) is 13.3 Å². The Balaban J connectivity index is 1.89. The zero-order valence-corrected chi connectivity index (χ0v) is 14.8. The molecule has 9 heteroatoms. The zero-order valence-electron chi connectivity index (χ0n) is 14.8. The Bertz CT molecular complexity index is 658. The molecule has 1 aromatic carbocycles. The molecule has 9 nitrogen and oxygen atoms in total. The van der Waals surface area contributed by atoms with Crippen molar-refractivity contribution in [2.24, 2.45) is 0 Å². The quantitative estimate of drug-likeness (QED) is 0.552. The summed E-state index contributed by atoms with van der Waals surface area (Å²) in [5.41, 5.74) is 0.145. The van der Waals surface area contributed by atoms with Gasteiger partial charge in [-0.25, -0.2) is 9.59 Å². The number of amides is 3. The lowest BCUT2D eigenvalue weighted by Gasteiger charge is -2.21. The molecule has 2 rings (SSSR count). The normalized spacial score (nSPS) is 12.1. The van der Waals surface area contributed by atoms with Gasteiger partial charge >= 0.3 is 12.0 Å². The van der Waals surface area contributed by atoms with E-state index in [1.54, 1.807) is 0 Å². The van der Waals surface area contributed by atoms with Crippen LogP contribution in [0.2, 0.25) is 0 Å². The predicted molar refractivity (Wildman–Crippen MR) is 90.7 cm³/mol. The molecule has 0 saturated heterocycles. The van der Waals surface area contributed by atoms with E-state index in [1.807, 2.05) is 6.92 Å². The molecule has 0 spiro atoms. The molecule has 1 aromatic rings. The smallest absolute Gasteiger partial charge is 0.338 e. The second-order valence-electron chi connectivity index (χ2n) is 5.44. The van der Waals surface area contributed by atoms with E-state index >= 15 is 0 Å². The van der Waals surface area contributed by atoms with Crippen LogP contribution in [0.3, 0.4) is 0 Å². The molecule has 0 aromatic heterocycles. The van der Waals surface area contributed by atoms with Gasteiger partial charge in [-0.3, -0.25) is 10.1 Å². The SMILES string of the molecule is CCCCNC(=O)NC(=O)COC(=O)c1cc(OC)c2c(c1)OCCO2. The van der Waals surface area contributed by atoms with E-state index in [2.05, 4.69) is 10.6 Å². The first kappa shape index (κ1) is 19.4. The molecule has 0 aliphatic carbocycles. The van der Waals surface area contributed by atoms with Crippen LogP contribution in [0, 0.1) is 0 Å². The van der Waals surface area contributed by atoms with Crippen molar-refractivity contribution in [3.8, 4) is 17.2 Å². The third-order valence-electron chi connectivity index (χ3n) is 3.47. The van der Waals surface area contributed by atoms with Crippen LogP contribution in [0.5, 0.6) is 17.2 Å². The highest BCUT2D eigenvalue weighted by Gasteiger charge is 2.22. The number of unbranched alkanes of at least 4 members (excludes halogenated alkanes) is 1. The summed E-state index contributed by atoms with van der Waals surface area (Å²) in [6.07, 6.45) is 1.73. The number of benzene rings is 1. The second-order valence-corrected chi connectivity index (χ2v) is 5.44. The molecule has 0 saturated carbocycles. The lowest BCUT2D eigenvalue weighted by Crippen LogP contribution is -2.41. The van der Waals surface area contributed by atoms with Crippen LogP contribution in [0.15, 0.2) is 12.1 Å². The average Bonchev–Trinajstić information content (AvgIpc) is 2.65. The fourth-order valence-electron chi connectivity index (χ4n) is 2.19. The fraction of sp³-hybridized carbons (Fsp3) is 0.471. The number of hydrogen-bond donors (Lipinski definition) is 2. The summed E-state index contributed by atoms with van der Waals surface area (Å²) in [5.74, 6) is -0.369. The number of carbonyl (C=O) groups is 3. The first-order valence-corrected chi connectivity index (χ1v) is 8.27. The summed E-state index contributed by atoms with van der Waals surface area (Å²) in [5, 5.41) is 4.61. The van der Waals surface area contributed by atoms with Crippen molar-refractivity contribution in [1.82, 2.24) is 10.6 Å². The highest BCUT2D eigenvalue weighted by Crippen LogP contribution is 2.40. The lowest BCUT2D eigenvalue weighted by atomic mass is 10.1.